The molecular formula is C18H17BrN2O5. The Morgan fingerprint density at radius 3 is 2.35 bits per heavy atom. The van der Waals surface area contributed by atoms with Crippen molar-refractivity contribution in [2.75, 3.05) is 25.6 Å². The molecule has 136 valence electrons. The van der Waals surface area contributed by atoms with Crippen LogP contribution in [0.3, 0.4) is 0 Å². The summed E-state index contributed by atoms with van der Waals surface area (Å²) < 4.78 is 11.2. The highest BCUT2D eigenvalue weighted by molar-refractivity contribution is 9.10. The van der Waals surface area contributed by atoms with Gasteiger partial charge in [0.2, 0.25) is 0 Å². The quantitative estimate of drug-likeness (QED) is 0.670. The maximum atomic E-state index is 12.1. The van der Waals surface area contributed by atoms with Gasteiger partial charge in [0, 0.05) is 17.2 Å². The lowest BCUT2D eigenvalue weighted by molar-refractivity contribution is -0.123. The number of likely N-dealkylation sites (N-methyl/N-ethyl adjacent to an activating group) is 1. The second-order valence-corrected chi connectivity index (χ2v) is 6.00. The molecule has 0 saturated carbocycles. The van der Waals surface area contributed by atoms with Gasteiger partial charge in [-0.3, -0.25) is 9.59 Å². The van der Waals surface area contributed by atoms with E-state index in [9.17, 15) is 14.4 Å². The Morgan fingerprint density at radius 1 is 0.962 bits per heavy atom. The highest BCUT2D eigenvalue weighted by atomic mass is 79.9. The van der Waals surface area contributed by atoms with Crippen LogP contribution < -0.4 is 15.4 Å². The molecule has 0 saturated heterocycles. The zero-order chi connectivity index (χ0) is 18.9. The van der Waals surface area contributed by atoms with E-state index >= 15 is 0 Å². The zero-order valence-electron chi connectivity index (χ0n) is 14.0. The van der Waals surface area contributed by atoms with Crippen LogP contribution in [-0.2, 0) is 14.3 Å². The van der Waals surface area contributed by atoms with Gasteiger partial charge < -0.3 is 20.1 Å². The summed E-state index contributed by atoms with van der Waals surface area (Å²) in [4.78, 5) is 35.2. The topological polar surface area (TPSA) is 93.7 Å². The average Bonchev–Trinajstić information content (AvgIpc) is 2.66. The number of halogens is 1. The maximum absolute atomic E-state index is 12.1. The van der Waals surface area contributed by atoms with Gasteiger partial charge in [0.15, 0.2) is 13.2 Å². The molecule has 0 aromatic heterocycles. The minimum atomic E-state index is -0.711. The van der Waals surface area contributed by atoms with Gasteiger partial charge in [0.05, 0.1) is 0 Å². The van der Waals surface area contributed by atoms with Crippen LogP contribution in [-0.4, -0.2) is 38.0 Å². The van der Waals surface area contributed by atoms with Gasteiger partial charge in [-0.25, -0.2) is 4.79 Å². The average molecular weight is 421 g/mol. The number of para-hydroxylation sites is 1. The van der Waals surface area contributed by atoms with E-state index in [2.05, 4.69) is 26.6 Å². The molecule has 0 aliphatic heterocycles. The molecule has 26 heavy (non-hydrogen) atoms. The molecule has 0 aliphatic carbocycles. The number of carbonyl (C=O) groups excluding carboxylic acids is 3. The minimum absolute atomic E-state index is 0.132. The lowest BCUT2D eigenvalue weighted by atomic mass is 10.2. The van der Waals surface area contributed by atoms with Gasteiger partial charge in [-0.15, -0.1) is 0 Å². The van der Waals surface area contributed by atoms with E-state index in [0.29, 0.717) is 5.69 Å². The van der Waals surface area contributed by atoms with Crippen LogP contribution in [0.5, 0.6) is 5.75 Å². The molecule has 0 spiro atoms. The number of rotatable bonds is 7. The molecule has 0 aliphatic rings. The summed E-state index contributed by atoms with van der Waals surface area (Å²) in [5.41, 5.74) is 0.757. The summed E-state index contributed by atoms with van der Waals surface area (Å²) in [7, 11) is 1.44. The Kier molecular flexibility index (Phi) is 7.16. The van der Waals surface area contributed by atoms with Crippen molar-refractivity contribution >= 4 is 39.4 Å². The van der Waals surface area contributed by atoms with Crippen LogP contribution in [0.2, 0.25) is 0 Å². The van der Waals surface area contributed by atoms with Gasteiger partial charge in [-0.05, 0) is 36.4 Å². The Bertz CT molecular complexity index is 792. The molecule has 0 unspecified atom stereocenters. The monoisotopic (exact) mass is 420 g/mol. The van der Waals surface area contributed by atoms with E-state index < -0.39 is 18.5 Å². The number of carbonyl (C=O) groups is 3. The van der Waals surface area contributed by atoms with Gasteiger partial charge in [0.1, 0.15) is 11.3 Å². The molecule has 0 heterocycles. The summed E-state index contributed by atoms with van der Waals surface area (Å²) in [6, 6.07) is 13.4. The Morgan fingerprint density at radius 2 is 1.65 bits per heavy atom. The van der Waals surface area contributed by atoms with Gasteiger partial charge in [0.25, 0.3) is 11.8 Å². The summed E-state index contributed by atoms with van der Waals surface area (Å²) in [6.07, 6.45) is 0. The van der Waals surface area contributed by atoms with Crippen molar-refractivity contribution in [1.29, 1.82) is 0 Å². The van der Waals surface area contributed by atoms with E-state index in [1.165, 1.54) is 13.1 Å². The molecule has 2 rings (SSSR count). The van der Waals surface area contributed by atoms with Crippen molar-refractivity contribution in [3.05, 3.63) is 58.6 Å². The predicted octanol–water partition coefficient (Wildman–Crippen LogP) is 2.37. The maximum Gasteiger partial charge on any atom is 0.342 e. The molecule has 2 aromatic rings. The van der Waals surface area contributed by atoms with Crippen LogP contribution in [0.25, 0.3) is 0 Å². The third-order valence-electron chi connectivity index (χ3n) is 3.21. The summed E-state index contributed by atoms with van der Waals surface area (Å²) >= 11 is 3.31. The second kappa shape index (κ2) is 9.57. The first-order chi connectivity index (χ1) is 12.5. The first-order valence-corrected chi connectivity index (χ1v) is 8.44. The van der Waals surface area contributed by atoms with Crippen molar-refractivity contribution in [3.63, 3.8) is 0 Å². The van der Waals surface area contributed by atoms with Crippen molar-refractivity contribution in [3.8, 4) is 5.75 Å². The van der Waals surface area contributed by atoms with Crippen LogP contribution in [0.1, 0.15) is 10.4 Å². The van der Waals surface area contributed by atoms with E-state index in [0.717, 1.165) is 4.47 Å². The molecule has 0 atom stereocenters. The smallest absolute Gasteiger partial charge is 0.342 e. The molecule has 2 aromatic carbocycles. The molecule has 8 heteroatoms. The lowest BCUT2D eigenvalue weighted by Crippen LogP contribution is -2.25. The van der Waals surface area contributed by atoms with E-state index in [4.69, 9.17) is 9.47 Å². The number of anilines is 1. The molecule has 2 N–H and O–H groups in total. The Balaban J connectivity index is 1.94. The second-order valence-electron chi connectivity index (χ2n) is 5.09. The SMILES string of the molecule is CNC(=O)COC(=O)c1ccccc1OCC(=O)Nc1ccc(Br)cc1. The van der Waals surface area contributed by atoms with Crippen molar-refractivity contribution in [1.82, 2.24) is 5.32 Å². The van der Waals surface area contributed by atoms with Gasteiger partial charge in [-0.2, -0.15) is 0 Å². The minimum Gasteiger partial charge on any atom is -0.483 e. The number of benzene rings is 2. The highest BCUT2D eigenvalue weighted by Crippen LogP contribution is 2.19. The largest absolute Gasteiger partial charge is 0.483 e. The van der Waals surface area contributed by atoms with Crippen LogP contribution in [0, 0.1) is 0 Å². The van der Waals surface area contributed by atoms with E-state index in [1.54, 1.807) is 42.5 Å². The zero-order valence-corrected chi connectivity index (χ0v) is 15.5. The standard InChI is InChI=1S/C18H17BrN2O5/c1-20-16(22)10-26-18(24)14-4-2-3-5-15(14)25-11-17(23)21-13-8-6-12(19)7-9-13/h2-9H,10-11H2,1H3,(H,20,22)(H,21,23). The van der Waals surface area contributed by atoms with Crippen LogP contribution >= 0.6 is 15.9 Å². The van der Waals surface area contributed by atoms with E-state index in [1.807, 2.05) is 0 Å². The number of hydrogen-bond donors (Lipinski definition) is 2. The molecule has 7 nitrogen and oxygen atoms in total. The number of hydrogen-bond acceptors (Lipinski definition) is 5. The molecule has 0 radical (unpaired) electrons. The number of nitrogens with one attached hydrogen (secondary N) is 2. The molecule has 0 fully saturated rings. The fourth-order valence-corrected chi connectivity index (χ4v) is 2.18. The molecule has 2 amide bonds. The normalized spacial score (nSPS) is 9.92. The first kappa shape index (κ1) is 19.5. The number of esters is 1. The van der Waals surface area contributed by atoms with Gasteiger partial charge >= 0.3 is 5.97 Å². The Labute approximate surface area is 158 Å². The molecular weight excluding hydrogens is 404 g/mol. The summed E-state index contributed by atoms with van der Waals surface area (Å²) in [5.74, 6) is -1.32. The number of amides is 2. The van der Waals surface area contributed by atoms with Crippen LogP contribution in [0.4, 0.5) is 5.69 Å². The van der Waals surface area contributed by atoms with Gasteiger partial charge in [-0.1, -0.05) is 28.1 Å². The van der Waals surface area contributed by atoms with Crippen molar-refractivity contribution in [2.24, 2.45) is 0 Å². The lowest BCUT2D eigenvalue weighted by Gasteiger charge is -2.11. The first-order valence-electron chi connectivity index (χ1n) is 7.64. The predicted molar refractivity (Wildman–Crippen MR) is 99.1 cm³/mol. The van der Waals surface area contributed by atoms with E-state index in [-0.39, 0.29) is 23.8 Å². The number of ether oxygens (including phenoxy) is 2. The Hall–Kier alpha value is -2.87. The molecule has 0 bridgehead atoms. The fourth-order valence-electron chi connectivity index (χ4n) is 1.92. The third kappa shape index (κ3) is 5.89. The summed E-state index contributed by atoms with van der Waals surface area (Å²) in [6.45, 7) is -0.677. The van der Waals surface area contributed by atoms with Crippen molar-refractivity contribution in [2.45, 2.75) is 0 Å². The van der Waals surface area contributed by atoms with Crippen LogP contribution in [0.15, 0.2) is 53.0 Å². The third-order valence-corrected chi connectivity index (χ3v) is 3.74. The van der Waals surface area contributed by atoms with Crippen molar-refractivity contribution < 1.29 is 23.9 Å². The highest BCUT2D eigenvalue weighted by Gasteiger charge is 2.16. The fraction of sp³-hybridized carbons (Fsp3) is 0.167. The summed E-state index contributed by atoms with van der Waals surface area (Å²) in [5, 5.41) is 5.03.